The molecule has 0 aromatic heterocycles. The molecule has 133 valence electrons. The fraction of sp³-hybridized carbons (Fsp3) is 0.909. The van der Waals surface area contributed by atoms with Gasteiger partial charge in [0.05, 0.1) is 0 Å². The SMILES string of the molecule is CC1CCC(CC2CCC(CC3CC[CH-]CC3)CC2)CC1.[CH3-].[Y]. The zero-order chi connectivity index (χ0) is 14.5. The Morgan fingerprint density at radius 3 is 1.39 bits per heavy atom. The molecule has 0 saturated heterocycles. The molecule has 0 bridgehead atoms. The molecule has 3 saturated carbocycles. The van der Waals surface area contributed by atoms with Gasteiger partial charge >= 0.3 is 0 Å². The normalized spacial score (nSPS) is 35.9. The Bertz CT molecular complexity index is 278. The number of hydrogen-bond donors (Lipinski definition) is 0. The first-order valence-electron chi connectivity index (χ1n) is 10.1. The van der Waals surface area contributed by atoms with Gasteiger partial charge in [-0.1, -0.05) is 71.1 Å². The molecule has 0 aromatic rings. The van der Waals surface area contributed by atoms with Crippen LogP contribution in [0.5, 0.6) is 0 Å². The maximum Gasteiger partial charge on any atom is 0 e. The van der Waals surface area contributed by atoms with Crippen LogP contribution >= 0.6 is 0 Å². The third-order valence-corrected chi connectivity index (χ3v) is 6.99. The van der Waals surface area contributed by atoms with E-state index in [9.17, 15) is 0 Å². The average Bonchev–Trinajstić information content (AvgIpc) is 2.53. The van der Waals surface area contributed by atoms with E-state index >= 15 is 0 Å². The molecule has 0 amide bonds. The van der Waals surface area contributed by atoms with Crippen LogP contribution in [0.1, 0.15) is 96.8 Å². The molecule has 23 heavy (non-hydrogen) atoms. The summed E-state index contributed by atoms with van der Waals surface area (Å²) in [5.74, 6) is 5.38. The van der Waals surface area contributed by atoms with Gasteiger partial charge in [0, 0.05) is 32.7 Å². The topological polar surface area (TPSA) is 0 Å². The number of rotatable bonds is 4. The molecule has 0 N–H and O–H groups in total. The van der Waals surface area contributed by atoms with Gasteiger partial charge < -0.3 is 13.8 Å². The third-order valence-electron chi connectivity index (χ3n) is 6.99. The first-order valence-corrected chi connectivity index (χ1v) is 10.1. The monoisotopic (exact) mass is 393 g/mol. The zero-order valence-corrected chi connectivity index (χ0v) is 18.8. The average molecular weight is 393 g/mol. The van der Waals surface area contributed by atoms with Crippen LogP contribution in [0.2, 0.25) is 0 Å². The van der Waals surface area contributed by atoms with E-state index in [4.69, 9.17) is 0 Å². The van der Waals surface area contributed by atoms with Crippen LogP contribution < -0.4 is 0 Å². The summed E-state index contributed by atoms with van der Waals surface area (Å²) in [5.41, 5.74) is 0. The van der Waals surface area contributed by atoms with E-state index < -0.39 is 0 Å². The first-order chi connectivity index (χ1) is 10.3. The fourth-order valence-electron chi connectivity index (χ4n) is 5.44. The molecule has 0 aliphatic heterocycles. The van der Waals surface area contributed by atoms with Crippen molar-refractivity contribution in [3.63, 3.8) is 0 Å². The van der Waals surface area contributed by atoms with E-state index in [0.717, 1.165) is 29.6 Å². The molecule has 1 heteroatoms. The quantitative estimate of drug-likeness (QED) is 0.442. The Hall–Kier alpha value is 1.10. The van der Waals surface area contributed by atoms with Gasteiger partial charge in [-0.05, 0) is 42.4 Å². The van der Waals surface area contributed by atoms with Crippen LogP contribution in [0.25, 0.3) is 0 Å². The van der Waals surface area contributed by atoms with Crippen LogP contribution in [-0.2, 0) is 32.7 Å². The van der Waals surface area contributed by atoms with Crippen molar-refractivity contribution in [2.75, 3.05) is 0 Å². The fourth-order valence-corrected chi connectivity index (χ4v) is 5.44. The summed E-state index contributed by atoms with van der Waals surface area (Å²) >= 11 is 0. The van der Waals surface area contributed by atoms with E-state index in [1.807, 2.05) is 0 Å². The van der Waals surface area contributed by atoms with Gasteiger partial charge in [-0.15, -0.1) is 0 Å². The van der Waals surface area contributed by atoms with Gasteiger partial charge in [0.25, 0.3) is 0 Å². The molecule has 0 spiro atoms. The van der Waals surface area contributed by atoms with E-state index in [-0.39, 0.29) is 40.1 Å². The summed E-state index contributed by atoms with van der Waals surface area (Å²) in [7, 11) is 0. The van der Waals surface area contributed by atoms with Gasteiger partial charge in [-0.25, -0.2) is 0 Å². The van der Waals surface area contributed by atoms with Crippen molar-refractivity contribution >= 4 is 0 Å². The maximum absolute atomic E-state index is 2.51. The minimum Gasteiger partial charge on any atom is -0.358 e. The van der Waals surface area contributed by atoms with Gasteiger partial charge in [0.15, 0.2) is 0 Å². The van der Waals surface area contributed by atoms with Crippen molar-refractivity contribution in [2.45, 2.75) is 96.8 Å². The van der Waals surface area contributed by atoms with Gasteiger partial charge in [-0.3, -0.25) is 0 Å². The van der Waals surface area contributed by atoms with Crippen LogP contribution in [0.15, 0.2) is 0 Å². The van der Waals surface area contributed by atoms with Crippen LogP contribution in [0.4, 0.5) is 0 Å². The molecule has 0 aromatic carbocycles. The van der Waals surface area contributed by atoms with Gasteiger partial charge in [-0.2, -0.15) is 12.8 Å². The summed E-state index contributed by atoms with van der Waals surface area (Å²) in [6.07, 6.45) is 23.8. The second-order valence-corrected chi connectivity index (χ2v) is 8.79. The molecule has 0 nitrogen and oxygen atoms in total. The Morgan fingerprint density at radius 2 is 0.957 bits per heavy atom. The van der Waals surface area contributed by atoms with Crippen molar-refractivity contribution < 1.29 is 32.7 Å². The molecule has 0 atom stereocenters. The van der Waals surface area contributed by atoms with Crippen molar-refractivity contribution in [3.05, 3.63) is 13.8 Å². The Balaban J connectivity index is 0.00000132. The molecule has 3 rings (SSSR count). The molecule has 1 radical (unpaired) electrons. The Kier molecular flexibility index (Phi) is 11.2. The third kappa shape index (κ3) is 7.47. The second-order valence-electron chi connectivity index (χ2n) is 8.79. The summed E-state index contributed by atoms with van der Waals surface area (Å²) in [4.78, 5) is 0. The van der Waals surface area contributed by atoms with Crippen molar-refractivity contribution in [1.82, 2.24) is 0 Å². The molecule has 3 aliphatic carbocycles. The zero-order valence-electron chi connectivity index (χ0n) is 15.9. The predicted molar refractivity (Wildman–Crippen MR) is 98.5 cm³/mol. The van der Waals surface area contributed by atoms with E-state index in [1.54, 1.807) is 51.4 Å². The van der Waals surface area contributed by atoms with Crippen molar-refractivity contribution in [1.29, 1.82) is 0 Å². The van der Waals surface area contributed by atoms with E-state index in [0.29, 0.717) is 0 Å². The summed E-state index contributed by atoms with van der Waals surface area (Å²) in [5, 5.41) is 0. The van der Waals surface area contributed by atoms with Crippen LogP contribution in [0, 0.1) is 43.4 Å². The molecule has 3 fully saturated rings. The Labute approximate surface area is 172 Å². The standard InChI is InChI=1S/C21H37.CH3.Y/c1-17-7-9-19(10-8-17)16-21-13-11-20(12-14-21)15-18-5-3-2-4-6-18;;/h2,17-21H,3-16H2,1H3;1H3;/q2*-1;. The smallest absolute Gasteiger partial charge is 0 e. The predicted octanol–water partition coefficient (Wildman–Crippen LogP) is 7.24. The van der Waals surface area contributed by atoms with E-state index in [2.05, 4.69) is 13.3 Å². The largest absolute Gasteiger partial charge is 0.358 e. The molecular weight excluding hydrogens is 353 g/mol. The van der Waals surface area contributed by atoms with Gasteiger partial charge in [0.1, 0.15) is 0 Å². The second kappa shape index (κ2) is 11.7. The Morgan fingerprint density at radius 1 is 0.609 bits per heavy atom. The summed E-state index contributed by atoms with van der Waals surface area (Å²) in [6.45, 7) is 2.45. The maximum atomic E-state index is 2.51. The molecular formula is C22H40Y-2. The van der Waals surface area contributed by atoms with E-state index in [1.165, 1.54) is 38.5 Å². The van der Waals surface area contributed by atoms with Crippen LogP contribution in [0.3, 0.4) is 0 Å². The number of hydrogen-bond acceptors (Lipinski definition) is 0. The van der Waals surface area contributed by atoms with Crippen molar-refractivity contribution in [3.8, 4) is 0 Å². The minimum absolute atomic E-state index is 0. The summed E-state index contributed by atoms with van der Waals surface area (Å²) in [6, 6.07) is 0. The minimum atomic E-state index is 0. The van der Waals surface area contributed by atoms with Crippen LogP contribution in [-0.4, -0.2) is 0 Å². The summed E-state index contributed by atoms with van der Waals surface area (Å²) < 4.78 is 0. The van der Waals surface area contributed by atoms with Gasteiger partial charge in [0.2, 0.25) is 0 Å². The molecule has 0 heterocycles. The van der Waals surface area contributed by atoms with Crippen molar-refractivity contribution in [2.24, 2.45) is 29.6 Å². The molecule has 3 aliphatic rings. The first kappa shape index (κ1) is 22.1. The molecule has 0 unspecified atom stereocenters.